The SMILES string of the molecule is CN=C(NCc1sc(C)nc1C)N1CC2CCCCC2C1.I. The third kappa shape index (κ3) is 3.93. The van der Waals surface area contributed by atoms with E-state index >= 15 is 0 Å². The van der Waals surface area contributed by atoms with Gasteiger partial charge in [-0.1, -0.05) is 12.8 Å². The maximum Gasteiger partial charge on any atom is 0.193 e. The molecule has 6 heteroatoms. The number of fused-ring (bicyclic) bond motifs is 1. The first-order valence-corrected chi connectivity index (χ1v) is 8.87. The lowest BCUT2D eigenvalue weighted by Gasteiger charge is -2.22. The van der Waals surface area contributed by atoms with Gasteiger partial charge in [-0.3, -0.25) is 4.99 Å². The minimum atomic E-state index is 0. The fourth-order valence-electron chi connectivity index (χ4n) is 3.81. The number of hydrogen-bond acceptors (Lipinski definition) is 3. The fourth-order valence-corrected chi connectivity index (χ4v) is 4.68. The molecule has 3 rings (SSSR count). The lowest BCUT2D eigenvalue weighted by atomic mass is 9.82. The summed E-state index contributed by atoms with van der Waals surface area (Å²) in [5, 5.41) is 4.68. The molecule has 1 saturated carbocycles. The topological polar surface area (TPSA) is 40.5 Å². The average molecular weight is 434 g/mol. The van der Waals surface area contributed by atoms with Gasteiger partial charge in [-0.05, 0) is 38.5 Å². The van der Waals surface area contributed by atoms with E-state index in [0.717, 1.165) is 35.0 Å². The molecule has 1 saturated heterocycles. The molecule has 0 bridgehead atoms. The van der Waals surface area contributed by atoms with Gasteiger partial charge in [0.1, 0.15) is 0 Å². The van der Waals surface area contributed by atoms with Crippen molar-refractivity contribution in [2.75, 3.05) is 20.1 Å². The van der Waals surface area contributed by atoms with Crippen LogP contribution in [0.1, 0.15) is 41.3 Å². The number of hydrogen-bond donors (Lipinski definition) is 1. The standard InChI is InChI=1S/C16H26N4S.HI/c1-11-15(21-12(2)19-11)8-18-16(17-3)20-9-13-6-4-5-7-14(13)10-20;/h13-14H,4-10H2,1-3H3,(H,17,18);1H. The van der Waals surface area contributed by atoms with Crippen molar-refractivity contribution in [3.63, 3.8) is 0 Å². The van der Waals surface area contributed by atoms with E-state index in [9.17, 15) is 0 Å². The molecule has 2 fully saturated rings. The Balaban J connectivity index is 0.00000176. The lowest BCUT2D eigenvalue weighted by Crippen LogP contribution is -2.39. The summed E-state index contributed by atoms with van der Waals surface area (Å²) in [6.07, 6.45) is 5.65. The molecule has 1 N–H and O–H groups in total. The number of guanidine groups is 1. The van der Waals surface area contributed by atoms with E-state index in [2.05, 4.69) is 34.0 Å². The predicted octanol–water partition coefficient (Wildman–Crippen LogP) is 3.58. The van der Waals surface area contributed by atoms with Gasteiger partial charge in [-0.25, -0.2) is 4.98 Å². The summed E-state index contributed by atoms with van der Waals surface area (Å²) >= 11 is 1.78. The summed E-state index contributed by atoms with van der Waals surface area (Å²) in [4.78, 5) is 12.8. The second-order valence-corrected chi connectivity index (χ2v) is 7.64. The Labute approximate surface area is 154 Å². The van der Waals surface area contributed by atoms with Crippen LogP contribution < -0.4 is 5.32 Å². The van der Waals surface area contributed by atoms with Crippen molar-refractivity contribution in [3.05, 3.63) is 15.6 Å². The molecule has 2 atom stereocenters. The van der Waals surface area contributed by atoms with Crippen LogP contribution in [0.2, 0.25) is 0 Å². The molecule has 1 aromatic rings. The molecule has 1 aliphatic carbocycles. The molecule has 22 heavy (non-hydrogen) atoms. The van der Waals surface area contributed by atoms with Crippen molar-refractivity contribution in [1.82, 2.24) is 15.2 Å². The summed E-state index contributed by atoms with van der Waals surface area (Å²) < 4.78 is 0. The van der Waals surface area contributed by atoms with Crippen LogP contribution in [-0.2, 0) is 6.54 Å². The Bertz CT molecular complexity index is 514. The molecule has 4 nitrogen and oxygen atoms in total. The van der Waals surface area contributed by atoms with E-state index in [1.54, 1.807) is 11.3 Å². The zero-order valence-electron chi connectivity index (χ0n) is 13.8. The molecule has 0 spiro atoms. The Hall–Kier alpha value is -0.370. The van der Waals surface area contributed by atoms with Gasteiger partial charge < -0.3 is 10.2 Å². The van der Waals surface area contributed by atoms with Crippen LogP contribution in [0, 0.1) is 25.7 Å². The van der Waals surface area contributed by atoms with Crippen molar-refractivity contribution in [2.45, 2.75) is 46.1 Å². The molecule has 2 aliphatic rings. The summed E-state index contributed by atoms with van der Waals surface area (Å²) in [6.45, 7) is 7.38. The van der Waals surface area contributed by atoms with Gasteiger partial charge in [0.25, 0.3) is 0 Å². The number of likely N-dealkylation sites (tertiary alicyclic amines) is 1. The van der Waals surface area contributed by atoms with Gasteiger partial charge in [-0.15, -0.1) is 35.3 Å². The first-order chi connectivity index (χ1) is 10.2. The summed E-state index contributed by atoms with van der Waals surface area (Å²) in [6, 6.07) is 0. The van der Waals surface area contributed by atoms with Crippen LogP contribution in [-0.4, -0.2) is 36.0 Å². The minimum Gasteiger partial charge on any atom is -0.351 e. The number of aryl methyl sites for hydroxylation is 2. The van der Waals surface area contributed by atoms with Gasteiger partial charge in [0, 0.05) is 25.0 Å². The maximum absolute atomic E-state index is 4.50. The summed E-state index contributed by atoms with van der Waals surface area (Å²) in [5.74, 6) is 2.85. The second kappa shape index (κ2) is 7.95. The number of aromatic nitrogens is 1. The Morgan fingerprint density at radius 2 is 1.91 bits per heavy atom. The smallest absolute Gasteiger partial charge is 0.193 e. The summed E-state index contributed by atoms with van der Waals surface area (Å²) in [7, 11) is 1.90. The Morgan fingerprint density at radius 3 is 2.41 bits per heavy atom. The largest absolute Gasteiger partial charge is 0.351 e. The molecular weight excluding hydrogens is 407 g/mol. The van der Waals surface area contributed by atoms with Crippen molar-refractivity contribution < 1.29 is 0 Å². The molecule has 2 heterocycles. The number of rotatable bonds is 2. The molecule has 2 unspecified atom stereocenters. The highest BCUT2D eigenvalue weighted by Gasteiger charge is 2.35. The van der Waals surface area contributed by atoms with Crippen molar-refractivity contribution in [2.24, 2.45) is 16.8 Å². The van der Waals surface area contributed by atoms with Crippen LogP contribution >= 0.6 is 35.3 Å². The third-order valence-electron chi connectivity index (χ3n) is 4.89. The molecule has 0 radical (unpaired) electrons. The number of nitrogens with zero attached hydrogens (tertiary/aromatic N) is 3. The molecule has 1 aromatic heterocycles. The first kappa shape index (κ1) is 18.0. The van der Waals surface area contributed by atoms with E-state index in [4.69, 9.17) is 0 Å². The average Bonchev–Trinajstić information content (AvgIpc) is 3.03. The highest BCUT2D eigenvalue weighted by Crippen LogP contribution is 2.35. The zero-order valence-corrected chi connectivity index (χ0v) is 16.9. The molecule has 0 amide bonds. The quantitative estimate of drug-likeness (QED) is 0.440. The van der Waals surface area contributed by atoms with Gasteiger partial charge in [0.2, 0.25) is 0 Å². The van der Waals surface area contributed by atoms with E-state index in [1.165, 1.54) is 43.6 Å². The van der Waals surface area contributed by atoms with Crippen LogP contribution in [0.25, 0.3) is 0 Å². The number of halogens is 1. The van der Waals surface area contributed by atoms with E-state index < -0.39 is 0 Å². The molecule has 1 aliphatic heterocycles. The van der Waals surface area contributed by atoms with E-state index in [0.29, 0.717) is 0 Å². The van der Waals surface area contributed by atoms with Crippen molar-refractivity contribution in [1.29, 1.82) is 0 Å². The van der Waals surface area contributed by atoms with Crippen LogP contribution in [0.4, 0.5) is 0 Å². The molecule has 0 aromatic carbocycles. The zero-order chi connectivity index (χ0) is 14.8. The van der Waals surface area contributed by atoms with Crippen molar-refractivity contribution in [3.8, 4) is 0 Å². The predicted molar refractivity (Wildman–Crippen MR) is 104 cm³/mol. The highest BCUT2D eigenvalue weighted by molar-refractivity contribution is 14.0. The number of aliphatic imine (C=N–C) groups is 1. The minimum absolute atomic E-state index is 0. The molecular formula is C16H27IN4S. The normalized spacial score (nSPS) is 24.9. The van der Waals surface area contributed by atoms with E-state index in [-0.39, 0.29) is 24.0 Å². The van der Waals surface area contributed by atoms with Crippen LogP contribution in [0.15, 0.2) is 4.99 Å². The number of nitrogens with one attached hydrogen (secondary N) is 1. The first-order valence-electron chi connectivity index (χ1n) is 8.06. The highest BCUT2D eigenvalue weighted by atomic mass is 127. The third-order valence-corrected chi connectivity index (χ3v) is 5.97. The second-order valence-electron chi connectivity index (χ2n) is 6.35. The number of thiazole rings is 1. The van der Waals surface area contributed by atoms with Gasteiger partial charge >= 0.3 is 0 Å². The van der Waals surface area contributed by atoms with E-state index in [1.807, 2.05) is 7.05 Å². The van der Waals surface area contributed by atoms with Gasteiger partial charge in [0.05, 0.1) is 17.2 Å². The van der Waals surface area contributed by atoms with Crippen LogP contribution in [0.5, 0.6) is 0 Å². The lowest BCUT2D eigenvalue weighted by molar-refractivity contribution is 0.299. The monoisotopic (exact) mass is 434 g/mol. The Morgan fingerprint density at radius 1 is 1.27 bits per heavy atom. The van der Waals surface area contributed by atoms with Gasteiger partial charge in [-0.2, -0.15) is 0 Å². The Kier molecular flexibility index (Phi) is 6.49. The van der Waals surface area contributed by atoms with Crippen LogP contribution in [0.3, 0.4) is 0 Å². The fraction of sp³-hybridized carbons (Fsp3) is 0.750. The summed E-state index contributed by atoms with van der Waals surface area (Å²) in [5.41, 5.74) is 1.15. The van der Waals surface area contributed by atoms with Gasteiger partial charge in [0.15, 0.2) is 5.96 Å². The van der Waals surface area contributed by atoms with Crippen molar-refractivity contribution >= 4 is 41.3 Å². The maximum atomic E-state index is 4.50. The molecule has 124 valence electrons.